The van der Waals surface area contributed by atoms with Crippen LogP contribution >= 0.6 is 45.2 Å². The van der Waals surface area contributed by atoms with Gasteiger partial charge in [-0.3, -0.25) is 0 Å². The van der Waals surface area contributed by atoms with Gasteiger partial charge in [-0.15, -0.1) is 0 Å². The Balaban J connectivity index is 2.36. The molecular formula is C18H19I2NO. The van der Waals surface area contributed by atoms with E-state index in [2.05, 4.69) is 113 Å². The normalized spacial score (nSPS) is 13.3. The van der Waals surface area contributed by atoms with E-state index in [-0.39, 0.29) is 11.8 Å². The van der Waals surface area contributed by atoms with Crippen LogP contribution in [0.2, 0.25) is 0 Å². The summed E-state index contributed by atoms with van der Waals surface area (Å²) in [5.74, 6) is 0.421. The predicted octanol–water partition coefficient (Wildman–Crippen LogP) is 5.81. The molecule has 22 heavy (non-hydrogen) atoms. The molecule has 2 rings (SSSR count). The number of rotatable bonds is 5. The standard InChI is InChI=1S/C18H19I2NO/c1-12(14-6-4-8-16(19)10-14)18(21-22-3)13(2)15-7-5-9-17(20)11-15/h4-13H,1-3H3. The second kappa shape index (κ2) is 8.29. The van der Waals surface area contributed by atoms with Crippen LogP contribution in [0.15, 0.2) is 53.7 Å². The molecule has 0 aromatic heterocycles. The lowest BCUT2D eigenvalue weighted by Crippen LogP contribution is -2.18. The molecule has 2 aromatic carbocycles. The molecule has 0 bridgehead atoms. The summed E-state index contributed by atoms with van der Waals surface area (Å²) in [5, 5.41) is 4.35. The Bertz CT molecular complexity index is 616. The van der Waals surface area contributed by atoms with E-state index >= 15 is 0 Å². The molecule has 2 aromatic rings. The van der Waals surface area contributed by atoms with Crippen LogP contribution in [0.5, 0.6) is 0 Å². The Morgan fingerprint density at radius 3 is 1.73 bits per heavy atom. The Morgan fingerprint density at radius 1 is 0.909 bits per heavy atom. The van der Waals surface area contributed by atoms with E-state index in [0.29, 0.717) is 0 Å². The Morgan fingerprint density at radius 2 is 1.36 bits per heavy atom. The van der Waals surface area contributed by atoms with Crippen LogP contribution in [0, 0.1) is 7.14 Å². The van der Waals surface area contributed by atoms with E-state index in [1.165, 1.54) is 18.3 Å². The highest BCUT2D eigenvalue weighted by Crippen LogP contribution is 2.29. The zero-order valence-corrected chi connectivity index (χ0v) is 17.2. The lowest BCUT2D eigenvalue weighted by atomic mass is 9.85. The van der Waals surface area contributed by atoms with Crippen LogP contribution < -0.4 is 0 Å². The van der Waals surface area contributed by atoms with Crippen LogP contribution in [0.4, 0.5) is 0 Å². The fourth-order valence-electron chi connectivity index (χ4n) is 2.53. The first-order valence-electron chi connectivity index (χ1n) is 7.14. The number of nitrogens with zero attached hydrogens (tertiary/aromatic N) is 1. The average molecular weight is 519 g/mol. The van der Waals surface area contributed by atoms with E-state index in [1.54, 1.807) is 7.11 Å². The average Bonchev–Trinajstić information content (AvgIpc) is 2.51. The maximum atomic E-state index is 5.13. The van der Waals surface area contributed by atoms with Crippen LogP contribution in [-0.4, -0.2) is 12.8 Å². The predicted molar refractivity (Wildman–Crippen MR) is 110 cm³/mol. The van der Waals surface area contributed by atoms with Gasteiger partial charge >= 0.3 is 0 Å². The number of halogens is 2. The van der Waals surface area contributed by atoms with Gasteiger partial charge in [0.25, 0.3) is 0 Å². The molecule has 116 valence electrons. The summed E-state index contributed by atoms with van der Waals surface area (Å²) < 4.78 is 2.47. The fourth-order valence-corrected chi connectivity index (χ4v) is 3.67. The molecule has 0 amide bonds. The second-order valence-electron chi connectivity index (χ2n) is 5.25. The third kappa shape index (κ3) is 4.44. The van der Waals surface area contributed by atoms with Crippen LogP contribution in [-0.2, 0) is 4.84 Å². The third-order valence-corrected chi connectivity index (χ3v) is 5.12. The van der Waals surface area contributed by atoms with E-state index in [9.17, 15) is 0 Å². The van der Waals surface area contributed by atoms with Crippen LogP contribution in [0.3, 0.4) is 0 Å². The molecule has 0 N–H and O–H groups in total. The molecule has 0 aliphatic rings. The lowest BCUT2D eigenvalue weighted by Gasteiger charge is -2.21. The maximum absolute atomic E-state index is 5.13. The summed E-state index contributed by atoms with van der Waals surface area (Å²) in [4.78, 5) is 5.13. The zero-order chi connectivity index (χ0) is 16.1. The van der Waals surface area contributed by atoms with Crippen LogP contribution in [0.1, 0.15) is 36.8 Å². The van der Waals surface area contributed by atoms with Crippen molar-refractivity contribution >= 4 is 50.9 Å². The van der Waals surface area contributed by atoms with Gasteiger partial charge in [-0.2, -0.15) is 0 Å². The largest absolute Gasteiger partial charge is 0.399 e. The zero-order valence-electron chi connectivity index (χ0n) is 12.9. The first-order chi connectivity index (χ1) is 10.5. The van der Waals surface area contributed by atoms with E-state index in [1.807, 2.05) is 0 Å². The van der Waals surface area contributed by atoms with E-state index in [4.69, 9.17) is 4.84 Å². The summed E-state index contributed by atoms with van der Waals surface area (Å²) in [6.45, 7) is 4.38. The molecule has 2 unspecified atom stereocenters. The molecule has 0 spiro atoms. The third-order valence-electron chi connectivity index (χ3n) is 3.78. The SMILES string of the molecule is CON=C(C(C)c1cccc(I)c1)C(C)c1cccc(I)c1. The molecule has 0 saturated heterocycles. The number of hydrogen-bond donors (Lipinski definition) is 0. The molecule has 0 heterocycles. The minimum atomic E-state index is 0.211. The van der Waals surface area contributed by atoms with Gasteiger partial charge in [-0.05, 0) is 80.6 Å². The van der Waals surface area contributed by atoms with Gasteiger partial charge in [-0.1, -0.05) is 43.3 Å². The van der Waals surface area contributed by atoms with Crippen molar-refractivity contribution in [2.45, 2.75) is 25.7 Å². The van der Waals surface area contributed by atoms with Crippen molar-refractivity contribution in [1.82, 2.24) is 0 Å². The smallest absolute Gasteiger partial charge is 0.106 e. The molecule has 0 radical (unpaired) electrons. The van der Waals surface area contributed by atoms with Crippen molar-refractivity contribution in [3.05, 3.63) is 66.8 Å². The number of benzene rings is 2. The van der Waals surface area contributed by atoms with Crippen molar-refractivity contribution in [3.63, 3.8) is 0 Å². The highest BCUT2D eigenvalue weighted by molar-refractivity contribution is 14.1. The van der Waals surface area contributed by atoms with E-state index in [0.717, 1.165) is 5.71 Å². The van der Waals surface area contributed by atoms with Gasteiger partial charge in [-0.25, -0.2) is 0 Å². The van der Waals surface area contributed by atoms with Crippen LogP contribution in [0.25, 0.3) is 0 Å². The second-order valence-corrected chi connectivity index (χ2v) is 7.74. The summed E-state index contributed by atoms with van der Waals surface area (Å²) in [7, 11) is 1.61. The van der Waals surface area contributed by atoms with Crippen molar-refractivity contribution < 1.29 is 4.84 Å². The Hall–Kier alpha value is -0.630. The molecule has 2 nitrogen and oxygen atoms in total. The molecule has 0 fully saturated rings. The number of hydrogen-bond acceptors (Lipinski definition) is 2. The van der Waals surface area contributed by atoms with Gasteiger partial charge in [0.2, 0.25) is 0 Å². The lowest BCUT2D eigenvalue weighted by molar-refractivity contribution is 0.210. The quantitative estimate of drug-likeness (QED) is 0.278. The maximum Gasteiger partial charge on any atom is 0.106 e. The molecule has 4 heteroatoms. The summed E-state index contributed by atoms with van der Waals surface area (Å²) in [5.41, 5.74) is 3.58. The molecule has 2 atom stereocenters. The summed E-state index contributed by atoms with van der Waals surface area (Å²) >= 11 is 4.69. The first kappa shape index (κ1) is 17.7. The first-order valence-corrected chi connectivity index (χ1v) is 9.30. The van der Waals surface area contributed by atoms with Gasteiger partial charge < -0.3 is 4.84 Å². The Labute approximate surface area is 159 Å². The minimum Gasteiger partial charge on any atom is -0.399 e. The van der Waals surface area contributed by atoms with Gasteiger partial charge in [0.15, 0.2) is 0 Å². The van der Waals surface area contributed by atoms with Gasteiger partial charge in [0.1, 0.15) is 7.11 Å². The highest BCUT2D eigenvalue weighted by Gasteiger charge is 2.22. The monoisotopic (exact) mass is 519 g/mol. The minimum absolute atomic E-state index is 0.211. The van der Waals surface area contributed by atoms with Crippen molar-refractivity contribution in [3.8, 4) is 0 Å². The molecule has 0 aliphatic heterocycles. The van der Waals surface area contributed by atoms with Crippen molar-refractivity contribution in [2.75, 3.05) is 7.11 Å². The topological polar surface area (TPSA) is 21.6 Å². The molecular weight excluding hydrogens is 500 g/mol. The van der Waals surface area contributed by atoms with E-state index < -0.39 is 0 Å². The number of oxime groups is 1. The van der Waals surface area contributed by atoms with Gasteiger partial charge in [0, 0.05) is 19.0 Å². The highest BCUT2D eigenvalue weighted by atomic mass is 127. The Kier molecular flexibility index (Phi) is 6.67. The molecule has 0 aliphatic carbocycles. The van der Waals surface area contributed by atoms with Crippen molar-refractivity contribution in [2.24, 2.45) is 5.16 Å². The fraction of sp³-hybridized carbons (Fsp3) is 0.278. The molecule has 0 saturated carbocycles. The summed E-state index contributed by atoms with van der Waals surface area (Å²) in [6, 6.07) is 17.1. The van der Waals surface area contributed by atoms with Gasteiger partial charge in [0.05, 0.1) is 5.71 Å². The summed E-state index contributed by atoms with van der Waals surface area (Å²) in [6.07, 6.45) is 0. The van der Waals surface area contributed by atoms with Crippen molar-refractivity contribution in [1.29, 1.82) is 0 Å².